The minimum absolute atomic E-state index is 0.185. The van der Waals surface area contributed by atoms with Crippen molar-refractivity contribution >= 4 is 5.97 Å². The molecule has 7 nitrogen and oxygen atoms in total. The Labute approximate surface area is 123 Å². The second kappa shape index (κ2) is 8.21. The molecule has 1 aromatic rings. The Kier molecular flexibility index (Phi) is 6.61. The van der Waals surface area contributed by atoms with Gasteiger partial charge in [-0.1, -0.05) is 0 Å². The molecule has 0 N–H and O–H groups in total. The second-order valence-corrected chi connectivity index (χ2v) is 3.85. The fourth-order valence-electron chi connectivity index (χ4n) is 1.77. The monoisotopic (exact) mass is 300 g/mol. The molecular formula is C14H20O7. The lowest BCUT2D eigenvalue weighted by Crippen LogP contribution is -2.11. The van der Waals surface area contributed by atoms with E-state index < -0.39 is 5.97 Å². The van der Waals surface area contributed by atoms with Gasteiger partial charge in [0.05, 0.1) is 35.0 Å². The molecule has 0 aromatic heterocycles. The quantitative estimate of drug-likeness (QED) is 0.532. The Morgan fingerprint density at radius 2 is 1.57 bits per heavy atom. The lowest BCUT2D eigenvalue weighted by atomic mass is 10.1. The molecule has 0 radical (unpaired) electrons. The molecule has 7 heteroatoms. The number of rotatable bonds is 8. The zero-order chi connectivity index (χ0) is 15.8. The number of hydrogen-bond donors (Lipinski definition) is 0. The van der Waals surface area contributed by atoms with Crippen LogP contribution < -0.4 is 18.9 Å². The standard InChI is InChI=1S/C14H20O7/c1-16-6-7-21-13-11(18-3)9(14(15)20-5)8-10(17-2)12(13)19-4/h8H,6-7H2,1-5H3. The minimum Gasteiger partial charge on any atom is -0.493 e. The summed E-state index contributed by atoms with van der Waals surface area (Å²) in [5.74, 6) is 0.584. The Morgan fingerprint density at radius 1 is 0.905 bits per heavy atom. The van der Waals surface area contributed by atoms with Gasteiger partial charge in [-0.2, -0.15) is 0 Å². The lowest BCUT2D eigenvalue weighted by molar-refractivity contribution is 0.0595. The maximum absolute atomic E-state index is 11.9. The molecule has 0 fully saturated rings. The van der Waals surface area contributed by atoms with Crippen LogP contribution in [0.3, 0.4) is 0 Å². The first kappa shape index (κ1) is 16.9. The van der Waals surface area contributed by atoms with Crippen LogP contribution in [0.15, 0.2) is 6.07 Å². The molecule has 0 spiro atoms. The number of ether oxygens (including phenoxy) is 6. The second-order valence-electron chi connectivity index (χ2n) is 3.85. The zero-order valence-electron chi connectivity index (χ0n) is 12.8. The topological polar surface area (TPSA) is 72.5 Å². The Bertz CT molecular complexity index is 485. The summed E-state index contributed by atoms with van der Waals surface area (Å²) in [5, 5.41) is 0. The van der Waals surface area contributed by atoms with Gasteiger partial charge in [0.1, 0.15) is 12.2 Å². The maximum Gasteiger partial charge on any atom is 0.341 e. The van der Waals surface area contributed by atoms with Gasteiger partial charge in [0.15, 0.2) is 11.5 Å². The third-order valence-electron chi connectivity index (χ3n) is 2.72. The lowest BCUT2D eigenvalue weighted by Gasteiger charge is -2.19. The van der Waals surface area contributed by atoms with E-state index in [1.807, 2.05) is 0 Å². The number of carbonyl (C=O) groups is 1. The van der Waals surface area contributed by atoms with Crippen LogP contribution in [0.1, 0.15) is 10.4 Å². The van der Waals surface area contributed by atoms with Crippen LogP contribution >= 0.6 is 0 Å². The summed E-state index contributed by atoms with van der Waals surface area (Å²) in [4.78, 5) is 11.9. The molecule has 1 aromatic carbocycles. The Balaban J connectivity index is 3.41. The smallest absolute Gasteiger partial charge is 0.341 e. The first-order valence-electron chi connectivity index (χ1n) is 6.17. The van der Waals surface area contributed by atoms with Crippen molar-refractivity contribution in [3.05, 3.63) is 11.6 Å². The molecule has 0 saturated heterocycles. The summed E-state index contributed by atoms with van der Waals surface area (Å²) >= 11 is 0. The van der Waals surface area contributed by atoms with E-state index in [-0.39, 0.29) is 23.7 Å². The normalized spacial score (nSPS) is 9.95. The van der Waals surface area contributed by atoms with Gasteiger partial charge >= 0.3 is 5.97 Å². The summed E-state index contributed by atoms with van der Waals surface area (Å²) in [7, 11) is 7.20. The highest BCUT2D eigenvalue weighted by Gasteiger charge is 2.26. The average molecular weight is 300 g/mol. The average Bonchev–Trinajstić information content (AvgIpc) is 2.52. The van der Waals surface area contributed by atoms with Gasteiger partial charge in [-0.3, -0.25) is 0 Å². The summed E-state index contributed by atoms with van der Waals surface area (Å²) < 4.78 is 31.1. The van der Waals surface area contributed by atoms with E-state index >= 15 is 0 Å². The molecule has 0 atom stereocenters. The van der Waals surface area contributed by atoms with Gasteiger partial charge in [0, 0.05) is 13.2 Å². The predicted octanol–water partition coefficient (Wildman–Crippen LogP) is 1.52. The summed E-state index contributed by atoms with van der Waals surface area (Å²) in [6.07, 6.45) is 0. The number of esters is 1. The van der Waals surface area contributed by atoms with Gasteiger partial charge in [-0.15, -0.1) is 0 Å². The van der Waals surface area contributed by atoms with Crippen molar-refractivity contribution in [1.29, 1.82) is 0 Å². The third-order valence-corrected chi connectivity index (χ3v) is 2.72. The van der Waals surface area contributed by atoms with E-state index in [4.69, 9.17) is 28.4 Å². The summed E-state index contributed by atoms with van der Waals surface area (Å²) in [6, 6.07) is 1.48. The molecule has 1 rings (SSSR count). The van der Waals surface area contributed by atoms with Crippen LogP contribution in [0.25, 0.3) is 0 Å². The summed E-state index contributed by atoms with van der Waals surface area (Å²) in [5.41, 5.74) is 0.185. The molecule has 0 heterocycles. The molecule has 0 amide bonds. The van der Waals surface area contributed by atoms with Crippen molar-refractivity contribution in [3.63, 3.8) is 0 Å². The van der Waals surface area contributed by atoms with Crippen molar-refractivity contribution in [1.82, 2.24) is 0 Å². The van der Waals surface area contributed by atoms with Gasteiger partial charge in [0.2, 0.25) is 11.5 Å². The fourth-order valence-corrected chi connectivity index (χ4v) is 1.77. The van der Waals surface area contributed by atoms with Crippen molar-refractivity contribution in [3.8, 4) is 23.0 Å². The van der Waals surface area contributed by atoms with Crippen molar-refractivity contribution in [2.24, 2.45) is 0 Å². The molecule has 118 valence electrons. The zero-order valence-corrected chi connectivity index (χ0v) is 12.8. The van der Waals surface area contributed by atoms with Gasteiger partial charge in [-0.25, -0.2) is 4.79 Å². The Morgan fingerprint density at radius 3 is 2.05 bits per heavy atom. The molecule has 0 aliphatic rings. The van der Waals surface area contributed by atoms with E-state index in [0.29, 0.717) is 18.1 Å². The van der Waals surface area contributed by atoms with E-state index in [1.54, 1.807) is 7.11 Å². The largest absolute Gasteiger partial charge is 0.493 e. The van der Waals surface area contributed by atoms with Crippen LogP contribution in [-0.2, 0) is 9.47 Å². The van der Waals surface area contributed by atoms with Crippen LogP contribution in [0.4, 0.5) is 0 Å². The van der Waals surface area contributed by atoms with E-state index in [1.165, 1.54) is 34.5 Å². The van der Waals surface area contributed by atoms with Crippen molar-refractivity contribution in [2.75, 3.05) is 48.8 Å². The first-order chi connectivity index (χ1) is 10.1. The van der Waals surface area contributed by atoms with Crippen molar-refractivity contribution in [2.45, 2.75) is 0 Å². The molecule has 0 aliphatic carbocycles. The molecular weight excluding hydrogens is 280 g/mol. The number of methoxy groups -OCH3 is 5. The van der Waals surface area contributed by atoms with E-state index in [9.17, 15) is 4.79 Å². The van der Waals surface area contributed by atoms with Crippen LogP contribution in [0, 0.1) is 0 Å². The van der Waals surface area contributed by atoms with E-state index in [0.717, 1.165) is 0 Å². The molecule has 0 unspecified atom stereocenters. The number of carbonyl (C=O) groups excluding carboxylic acids is 1. The number of benzene rings is 1. The highest BCUT2D eigenvalue weighted by Crippen LogP contribution is 2.46. The third kappa shape index (κ3) is 3.69. The summed E-state index contributed by atoms with van der Waals surface area (Å²) in [6.45, 7) is 0.633. The predicted molar refractivity (Wildman–Crippen MR) is 74.8 cm³/mol. The SMILES string of the molecule is COCCOc1c(OC)c(OC)cc(C(=O)OC)c1OC. The number of hydrogen-bond acceptors (Lipinski definition) is 7. The van der Waals surface area contributed by atoms with Crippen molar-refractivity contribution < 1.29 is 33.2 Å². The van der Waals surface area contributed by atoms with Gasteiger partial charge in [0.25, 0.3) is 0 Å². The maximum atomic E-state index is 11.9. The van der Waals surface area contributed by atoms with Gasteiger partial charge in [-0.05, 0) is 0 Å². The minimum atomic E-state index is -0.565. The highest BCUT2D eigenvalue weighted by molar-refractivity contribution is 5.95. The van der Waals surface area contributed by atoms with Crippen LogP contribution in [-0.4, -0.2) is 54.7 Å². The molecule has 0 saturated carbocycles. The van der Waals surface area contributed by atoms with Crippen LogP contribution in [0.2, 0.25) is 0 Å². The fraction of sp³-hybridized carbons (Fsp3) is 0.500. The first-order valence-corrected chi connectivity index (χ1v) is 6.17. The highest BCUT2D eigenvalue weighted by atomic mass is 16.6. The Hall–Kier alpha value is -2.15. The van der Waals surface area contributed by atoms with E-state index in [2.05, 4.69) is 0 Å². The molecule has 21 heavy (non-hydrogen) atoms. The van der Waals surface area contributed by atoms with Gasteiger partial charge < -0.3 is 28.4 Å². The van der Waals surface area contributed by atoms with Crippen LogP contribution in [0.5, 0.6) is 23.0 Å². The molecule has 0 bridgehead atoms. The molecule has 0 aliphatic heterocycles.